The molecule has 2 N–H and O–H groups in total. The van der Waals surface area contributed by atoms with E-state index in [-0.39, 0.29) is 11.7 Å². The summed E-state index contributed by atoms with van der Waals surface area (Å²) in [6.45, 7) is 4.69. The van der Waals surface area contributed by atoms with Gasteiger partial charge in [0.1, 0.15) is 0 Å². The number of aromatic nitrogens is 4. The molecule has 7 heteroatoms. The highest BCUT2D eigenvalue weighted by molar-refractivity contribution is 5.90. The van der Waals surface area contributed by atoms with Crippen molar-refractivity contribution < 1.29 is 4.79 Å². The van der Waals surface area contributed by atoms with E-state index in [1.807, 2.05) is 13.0 Å². The molecule has 2 aromatic rings. The second-order valence-corrected chi connectivity index (χ2v) is 5.14. The lowest BCUT2D eigenvalue weighted by atomic mass is 10.1. The molecule has 7 nitrogen and oxygen atoms in total. The molecule has 20 heavy (non-hydrogen) atoms. The van der Waals surface area contributed by atoms with Crippen molar-refractivity contribution in [3.8, 4) is 0 Å². The summed E-state index contributed by atoms with van der Waals surface area (Å²) in [6, 6.07) is 1.83. The maximum absolute atomic E-state index is 12.0. The number of amides is 1. The Morgan fingerprint density at radius 1 is 1.60 bits per heavy atom. The molecule has 0 bridgehead atoms. The Balaban J connectivity index is 1.61. The van der Waals surface area contributed by atoms with E-state index in [1.54, 1.807) is 10.7 Å². The van der Waals surface area contributed by atoms with Crippen molar-refractivity contribution in [2.75, 3.05) is 19.6 Å². The number of fused-ring (bicyclic) bond motifs is 1. The molecule has 3 rings (SSSR count). The highest BCUT2D eigenvalue weighted by Gasteiger charge is 2.16. The van der Waals surface area contributed by atoms with E-state index in [0.717, 1.165) is 25.2 Å². The van der Waals surface area contributed by atoms with Gasteiger partial charge in [0.25, 0.3) is 11.7 Å². The van der Waals surface area contributed by atoms with Crippen LogP contribution in [0.1, 0.15) is 29.2 Å². The van der Waals surface area contributed by atoms with Crippen LogP contribution in [0.2, 0.25) is 0 Å². The third-order valence-corrected chi connectivity index (χ3v) is 3.63. The van der Waals surface area contributed by atoms with E-state index >= 15 is 0 Å². The van der Waals surface area contributed by atoms with Gasteiger partial charge < -0.3 is 10.6 Å². The fourth-order valence-electron chi connectivity index (χ4n) is 2.43. The predicted molar refractivity (Wildman–Crippen MR) is 73.4 cm³/mol. The van der Waals surface area contributed by atoms with Crippen LogP contribution in [0.15, 0.2) is 12.3 Å². The van der Waals surface area contributed by atoms with E-state index in [2.05, 4.69) is 25.7 Å². The number of rotatable bonds is 4. The molecule has 1 atom stereocenters. The van der Waals surface area contributed by atoms with Crippen molar-refractivity contribution in [3.63, 3.8) is 0 Å². The molecule has 3 heterocycles. The van der Waals surface area contributed by atoms with E-state index < -0.39 is 0 Å². The summed E-state index contributed by atoms with van der Waals surface area (Å²) < 4.78 is 1.58. The van der Waals surface area contributed by atoms with Gasteiger partial charge in [-0.1, -0.05) is 0 Å². The lowest BCUT2D eigenvalue weighted by Gasteiger charge is -2.07. The quantitative estimate of drug-likeness (QED) is 0.830. The summed E-state index contributed by atoms with van der Waals surface area (Å²) in [7, 11) is 0. The highest BCUT2D eigenvalue weighted by atomic mass is 16.2. The molecule has 1 saturated heterocycles. The monoisotopic (exact) mass is 274 g/mol. The molecule has 1 aliphatic heterocycles. The first-order chi connectivity index (χ1) is 9.74. The van der Waals surface area contributed by atoms with Crippen LogP contribution in [-0.4, -0.2) is 45.1 Å². The Morgan fingerprint density at radius 2 is 2.50 bits per heavy atom. The van der Waals surface area contributed by atoms with E-state index in [1.165, 1.54) is 6.42 Å². The van der Waals surface area contributed by atoms with Crippen molar-refractivity contribution >= 4 is 11.7 Å². The zero-order valence-corrected chi connectivity index (χ0v) is 11.5. The zero-order chi connectivity index (χ0) is 13.9. The third kappa shape index (κ3) is 2.62. The molecule has 0 radical (unpaired) electrons. The first-order valence-corrected chi connectivity index (χ1v) is 6.91. The normalized spacial score (nSPS) is 18.6. The van der Waals surface area contributed by atoms with Crippen molar-refractivity contribution in [2.45, 2.75) is 19.8 Å². The number of hydrogen-bond acceptors (Lipinski definition) is 5. The lowest BCUT2D eigenvalue weighted by Crippen LogP contribution is -2.27. The molecule has 0 saturated carbocycles. The van der Waals surface area contributed by atoms with Gasteiger partial charge in [0.05, 0.1) is 0 Å². The van der Waals surface area contributed by atoms with Gasteiger partial charge in [0.15, 0.2) is 0 Å². The molecule has 106 valence electrons. The van der Waals surface area contributed by atoms with Crippen molar-refractivity contribution in [3.05, 3.63) is 23.8 Å². The van der Waals surface area contributed by atoms with E-state index in [4.69, 9.17) is 0 Å². The largest absolute Gasteiger partial charge is 0.349 e. The maximum atomic E-state index is 12.0. The lowest BCUT2D eigenvalue weighted by molar-refractivity contribution is 0.0941. The SMILES string of the molecule is Cc1ccnc2nc(C(=O)NCCC3CCNC3)nn12. The molecular weight excluding hydrogens is 256 g/mol. The van der Waals surface area contributed by atoms with Crippen LogP contribution in [-0.2, 0) is 0 Å². The first-order valence-electron chi connectivity index (χ1n) is 6.91. The second-order valence-electron chi connectivity index (χ2n) is 5.14. The van der Waals surface area contributed by atoms with Crippen LogP contribution in [0.25, 0.3) is 5.78 Å². The molecule has 1 fully saturated rings. The number of carbonyl (C=O) groups is 1. The second kappa shape index (κ2) is 5.54. The van der Waals surface area contributed by atoms with Crippen LogP contribution >= 0.6 is 0 Å². The fraction of sp³-hybridized carbons (Fsp3) is 0.538. The van der Waals surface area contributed by atoms with E-state index in [9.17, 15) is 4.79 Å². The summed E-state index contributed by atoms with van der Waals surface area (Å²) in [5.74, 6) is 1.06. The van der Waals surface area contributed by atoms with Crippen molar-refractivity contribution in [2.24, 2.45) is 5.92 Å². The van der Waals surface area contributed by atoms with Gasteiger partial charge in [-0.15, -0.1) is 5.10 Å². The molecule has 1 unspecified atom stereocenters. The van der Waals surface area contributed by atoms with Crippen LogP contribution in [0.3, 0.4) is 0 Å². The molecule has 0 spiro atoms. The van der Waals surface area contributed by atoms with Crippen molar-refractivity contribution in [1.82, 2.24) is 30.2 Å². The molecule has 0 aromatic carbocycles. The zero-order valence-electron chi connectivity index (χ0n) is 11.5. The maximum Gasteiger partial charge on any atom is 0.291 e. The average molecular weight is 274 g/mol. The van der Waals surface area contributed by atoms with Gasteiger partial charge in [-0.3, -0.25) is 4.79 Å². The van der Waals surface area contributed by atoms with Crippen LogP contribution in [0.5, 0.6) is 0 Å². The fourth-order valence-corrected chi connectivity index (χ4v) is 2.43. The summed E-state index contributed by atoms with van der Waals surface area (Å²) in [5, 5.41) is 10.4. The first kappa shape index (κ1) is 13.0. The number of carbonyl (C=O) groups excluding carboxylic acids is 1. The summed E-state index contributed by atoms with van der Waals surface area (Å²) in [5.41, 5.74) is 0.901. The van der Waals surface area contributed by atoms with Crippen LogP contribution < -0.4 is 10.6 Å². The Bertz CT molecular complexity index is 616. The van der Waals surface area contributed by atoms with Gasteiger partial charge in [-0.25, -0.2) is 9.50 Å². The van der Waals surface area contributed by atoms with Gasteiger partial charge in [-0.2, -0.15) is 4.98 Å². The smallest absolute Gasteiger partial charge is 0.291 e. The average Bonchev–Trinajstić information content (AvgIpc) is 3.07. The molecule has 1 aliphatic rings. The number of nitrogens with zero attached hydrogens (tertiary/aromatic N) is 4. The number of nitrogens with one attached hydrogen (secondary N) is 2. The number of aryl methyl sites for hydroxylation is 1. The summed E-state index contributed by atoms with van der Waals surface area (Å²) in [6.07, 6.45) is 3.84. The standard InChI is InChI=1S/C13H18N6O/c1-9-2-6-16-13-17-11(18-19(9)13)12(20)15-7-4-10-3-5-14-8-10/h2,6,10,14H,3-5,7-8H2,1H3,(H,15,20). The Labute approximate surface area is 116 Å². The highest BCUT2D eigenvalue weighted by Crippen LogP contribution is 2.10. The minimum absolute atomic E-state index is 0.177. The summed E-state index contributed by atoms with van der Waals surface area (Å²) in [4.78, 5) is 20.2. The minimum atomic E-state index is -0.235. The summed E-state index contributed by atoms with van der Waals surface area (Å²) >= 11 is 0. The topological polar surface area (TPSA) is 84.2 Å². The Kier molecular flexibility index (Phi) is 3.60. The van der Waals surface area contributed by atoms with Gasteiger partial charge >= 0.3 is 0 Å². The van der Waals surface area contributed by atoms with Gasteiger partial charge in [0.2, 0.25) is 5.82 Å². The van der Waals surface area contributed by atoms with Gasteiger partial charge in [0, 0.05) is 18.4 Å². The minimum Gasteiger partial charge on any atom is -0.349 e. The molecule has 0 aliphatic carbocycles. The molecule has 2 aromatic heterocycles. The van der Waals surface area contributed by atoms with Crippen molar-refractivity contribution in [1.29, 1.82) is 0 Å². The Hall–Kier alpha value is -2.02. The van der Waals surface area contributed by atoms with E-state index in [0.29, 0.717) is 18.2 Å². The third-order valence-electron chi connectivity index (χ3n) is 3.63. The number of hydrogen-bond donors (Lipinski definition) is 2. The molecular formula is C13H18N6O. The van der Waals surface area contributed by atoms with Crippen LogP contribution in [0, 0.1) is 12.8 Å². The van der Waals surface area contributed by atoms with Crippen LogP contribution in [0.4, 0.5) is 0 Å². The molecule has 1 amide bonds. The van der Waals surface area contributed by atoms with Gasteiger partial charge in [-0.05, 0) is 44.8 Å². The predicted octanol–water partition coefficient (Wildman–Crippen LogP) is 0.162. The Morgan fingerprint density at radius 3 is 3.25 bits per heavy atom.